The molecule has 2 amide bonds. The lowest BCUT2D eigenvalue weighted by Gasteiger charge is -2.38. The van der Waals surface area contributed by atoms with Gasteiger partial charge in [0.05, 0.1) is 25.4 Å². The molecule has 0 aliphatic rings. The lowest BCUT2D eigenvalue weighted by Crippen LogP contribution is -2.45. The molecular weight excluding hydrogens is 797 g/mol. The van der Waals surface area contributed by atoms with Gasteiger partial charge in [-0.25, -0.2) is 9.48 Å². The molecule has 0 spiro atoms. The third-order valence-electron chi connectivity index (χ3n) is 11.4. The van der Waals surface area contributed by atoms with Crippen molar-refractivity contribution in [3.8, 4) is 6.07 Å². The van der Waals surface area contributed by atoms with Gasteiger partial charge in [-0.1, -0.05) is 182 Å². The SMILES string of the molecule is CC(C)(C)N(CCC(=CC#N)C(=O)Nc1cnn(CCOC(c2ccccc2)(c2ccccc2)c2ccccc2)c1NC(c1ccccc1)(c1ccccc1)c1ccccc1)C(=O)O. The number of rotatable bonds is 17. The number of hydrogen-bond acceptors (Lipinski definition) is 6. The fraction of sp³-hybridized carbons (Fsp3) is 0.185. The Labute approximate surface area is 375 Å². The van der Waals surface area contributed by atoms with E-state index >= 15 is 0 Å². The maximum atomic E-state index is 14.3. The number of carboxylic acid groups (broad SMARTS) is 1. The van der Waals surface area contributed by atoms with E-state index in [4.69, 9.17) is 9.84 Å². The zero-order valence-electron chi connectivity index (χ0n) is 36.3. The van der Waals surface area contributed by atoms with Crippen molar-refractivity contribution in [1.82, 2.24) is 14.7 Å². The van der Waals surface area contributed by atoms with Crippen LogP contribution >= 0.6 is 0 Å². The predicted octanol–water partition coefficient (Wildman–Crippen LogP) is 10.9. The first-order valence-corrected chi connectivity index (χ1v) is 21.3. The van der Waals surface area contributed by atoms with E-state index in [2.05, 4.69) is 83.4 Å². The summed E-state index contributed by atoms with van der Waals surface area (Å²) in [5, 5.41) is 31.7. The number of carbonyl (C=O) groups excluding carboxylic acids is 1. The topological polar surface area (TPSA) is 133 Å². The Hall–Kier alpha value is -7.74. The predicted molar refractivity (Wildman–Crippen MR) is 252 cm³/mol. The molecule has 322 valence electrons. The van der Waals surface area contributed by atoms with Crippen molar-refractivity contribution in [2.75, 3.05) is 23.8 Å². The smallest absolute Gasteiger partial charge is 0.407 e. The third-order valence-corrected chi connectivity index (χ3v) is 11.4. The van der Waals surface area contributed by atoms with Gasteiger partial charge in [-0.3, -0.25) is 4.79 Å². The maximum absolute atomic E-state index is 14.3. The highest BCUT2D eigenvalue weighted by molar-refractivity contribution is 6.05. The lowest BCUT2D eigenvalue weighted by atomic mass is 9.77. The van der Waals surface area contributed by atoms with Crippen LogP contribution in [-0.2, 0) is 27.2 Å². The Morgan fingerprint density at radius 3 is 1.47 bits per heavy atom. The van der Waals surface area contributed by atoms with Crippen molar-refractivity contribution in [1.29, 1.82) is 5.26 Å². The summed E-state index contributed by atoms with van der Waals surface area (Å²) in [7, 11) is 0. The maximum Gasteiger partial charge on any atom is 0.407 e. The van der Waals surface area contributed by atoms with Gasteiger partial charge in [0.15, 0.2) is 0 Å². The van der Waals surface area contributed by atoms with E-state index in [9.17, 15) is 20.0 Å². The van der Waals surface area contributed by atoms with Crippen LogP contribution in [-0.4, -0.2) is 50.5 Å². The molecule has 0 atom stereocenters. The molecule has 0 unspecified atom stereocenters. The van der Waals surface area contributed by atoms with Crippen LogP contribution in [0.3, 0.4) is 0 Å². The molecule has 0 fully saturated rings. The monoisotopic (exact) mass is 848 g/mol. The number of aromatic nitrogens is 2. The summed E-state index contributed by atoms with van der Waals surface area (Å²) in [5.74, 6) is -0.0722. The molecule has 0 saturated heterocycles. The molecule has 10 heteroatoms. The Kier molecular flexibility index (Phi) is 13.8. The van der Waals surface area contributed by atoms with Gasteiger partial charge >= 0.3 is 6.09 Å². The van der Waals surface area contributed by atoms with E-state index in [1.54, 1.807) is 31.6 Å². The standard InChI is InChI=1S/C54H52N6O4/c1-52(2,3)59(51(62)63)37-35-41(34-36-55)50(61)57-48-40-56-60(38-39-64-54(45-28-16-7-17-29-45,46-30-18-8-19-31-46)47-32-20-9-21-33-47)49(48)58-53(42-22-10-4-11-23-42,43-24-12-5-13-25-43)44-26-14-6-15-27-44/h4-34,40,58H,35,37-39H2,1-3H3,(H,57,61)(H,62,63). The van der Waals surface area contributed by atoms with Crippen LogP contribution in [0.1, 0.15) is 60.6 Å². The van der Waals surface area contributed by atoms with Crippen LogP contribution in [0.25, 0.3) is 0 Å². The summed E-state index contributed by atoms with van der Waals surface area (Å²) < 4.78 is 9.01. The van der Waals surface area contributed by atoms with Crippen molar-refractivity contribution in [3.05, 3.63) is 233 Å². The van der Waals surface area contributed by atoms with E-state index in [0.29, 0.717) is 11.5 Å². The van der Waals surface area contributed by atoms with E-state index < -0.39 is 28.7 Å². The number of hydrogen-bond donors (Lipinski definition) is 3. The number of carbonyl (C=O) groups is 2. The molecular formula is C54H52N6O4. The number of benzene rings is 6. The van der Waals surface area contributed by atoms with Crippen LogP contribution in [0.5, 0.6) is 0 Å². The van der Waals surface area contributed by atoms with Gasteiger partial charge in [-0.2, -0.15) is 10.4 Å². The Balaban J connectivity index is 1.34. The minimum atomic E-state index is -1.12. The molecule has 0 bridgehead atoms. The highest BCUT2D eigenvalue weighted by atomic mass is 16.5. The van der Waals surface area contributed by atoms with Crippen molar-refractivity contribution < 1.29 is 19.4 Å². The minimum absolute atomic E-state index is 0.00655. The second-order valence-electron chi connectivity index (χ2n) is 16.3. The van der Waals surface area contributed by atoms with Gasteiger partial charge < -0.3 is 25.4 Å². The third kappa shape index (κ3) is 9.50. The van der Waals surface area contributed by atoms with E-state index in [-0.39, 0.29) is 31.7 Å². The second-order valence-corrected chi connectivity index (χ2v) is 16.3. The van der Waals surface area contributed by atoms with E-state index in [1.807, 2.05) is 115 Å². The molecule has 0 aliphatic carbocycles. The summed E-state index contributed by atoms with van der Waals surface area (Å²) in [4.78, 5) is 27.8. The van der Waals surface area contributed by atoms with Crippen LogP contribution in [0.4, 0.5) is 16.3 Å². The van der Waals surface area contributed by atoms with Gasteiger partial charge in [0.2, 0.25) is 0 Å². The first-order chi connectivity index (χ1) is 31.1. The number of nitrogens with zero attached hydrogens (tertiary/aromatic N) is 4. The fourth-order valence-corrected chi connectivity index (χ4v) is 8.27. The van der Waals surface area contributed by atoms with Crippen molar-refractivity contribution in [2.45, 2.75) is 50.4 Å². The highest BCUT2D eigenvalue weighted by Crippen LogP contribution is 2.43. The number of ether oxygens (including phenoxy) is 1. The van der Waals surface area contributed by atoms with Crippen molar-refractivity contribution in [3.63, 3.8) is 0 Å². The van der Waals surface area contributed by atoms with E-state index in [1.165, 1.54) is 11.0 Å². The minimum Gasteiger partial charge on any atom is -0.465 e. The number of amides is 2. The molecule has 3 N–H and O–H groups in total. The number of nitrogens with one attached hydrogen (secondary N) is 2. The second kappa shape index (κ2) is 20.0. The summed E-state index contributed by atoms with van der Waals surface area (Å²) in [5.41, 5.74) is 3.44. The summed E-state index contributed by atoms with van der Waals surface area (Å²) in [6, 6.07) is 62.8. The molecule has 64 heavy (non-hydrogen) atoms. The summed E-state index contributed by atoms with van der Waals surface area (Å²) >= 11 is 0. The van der Waals surface area contributed by atoms with Crippen molar-refractivity contribution in [2.24, 2.45) is 0 Å². The fourth-order valence-electron chi connectivity index (χ4n) is 8.27. The van der Waals surface area contributed by atoms with Gasteiger partial charge in [0.1, 0.15) is 22.6 Å². The molecule has 7 rings (SSSR count). The Morgan fingerprint density at radius 2 is 1.09 bits per heavy atom. The number of anilines is 2. The quantitative estimate of drug-likeness (QED) is 0.0472. The summed E-state index contributed by atoms with van der Waals surface area (Å²) in [6.07, 6.45) is 1.65. The van der Waals surface area contributed by atoms with Gasteiger partial charge in [0, 0.05) is 23.7 Å². The molecule has 1 heterocycles. The molecule has 6 aromatic carbocycles. The van der Waals surface area contributed by atoms with Crippen LogP contribution in [0.2, 0.25) is 0 Å². The van der Waals surface area contributed by atoms with Gasteiger partial charge in [0.25, 0.3) is 5.91 Å². The lowest BCUT2D eigenvalue weighted by molar-refractivity contribution is -0.113. The van der Waals surface area contributed by atoms with Gasteiger partial charge in [-0.15, -0.1) is 0 Å². The molecule has 0 aliphatic heterocycles. The number of nitriles is 1. The molecule has 7 aromatic rings. The molecule has 0 radical (unpaired) electrons. The van der Waals surface area contributed by atoms with Gasteiger partial charge in [-0.05, 0) is 60.6 Å². The van der Waals surface area contributed by atoms with Crippen molar-refractivity contribution >= 4 is 23.5 Å². The summed E-state index contributed by atoms with van der Waals surface area (Å²) in [6.45, 7) is 5.80. The van der Waals surface area contributed by atoms with E-state index in [0.717, 1.165) is 33.4 Å². The zero-order chi connectivity index (χ0) is 45.0. The number of allylic oxidation sites excluding steroid dienone is 1. The first-order valence-electron chi connectivity index (χ1n) is 21.3. The Morgan fingerprint density at radius 1 is 0.688 bits per heavy atom. The molecule has 0 saturated carbocycles. The highest BCUT2D eigenvalue weighted by Gasteiger charge is 2.40. The van der Waals surface area contributed by atoms with Crippen LogP contribution in [0.15, 0.2) is 200 Å². The first kappa shape index (κ1) is 44.3. The Bertz CT molecular complexity index is 2480. The average Bonchev–Trinajstić information content (AvgIpc) is 3.69. The zero-order valence-corrected chi connectivity index (χ0v) is 36.3. The molecule has 10 nitrogen and oxygen atoms in total. The molecule has 1 aromatic heterocycles. The van der Waals surface area contributed by atoms with Crippen LogP contribution in [0, 0.1) is 11.3 Å². The normalized spacial score (nSPS) is 11.9. The largest absolute Gasteiger partial charge is 0.465 e. The average molecular weight is 849 g/mol. The van der Waals surface area contributed by atoms with Crippen LogP contribution < -0.4 is 10.6 Å².